The number of fused-ring (bicyclic) bond motifs is 1. The third-order valence-electron chi connectivity index (χ3n) is 5.10. The van der Waals surface area contributed by atoms with E-state index in [1.54, 1.807) is 18.3 Å². The second kappa shape index (κ2) is 12.5. The lowest BCUT2D eigenvalue weighted by Crippen LogP contribution is -2.59. The van der Waals surface area contributed by atoms with Crippen molar-refractivity contribution in [2.75, 3.05) is 13.2 Å². The highest BCUT2D eigenvalue weighted by molar-refractivity contribution is 5.95. The maximum atomic E-state index is 13.0. The van der Waals surface area contributed by atoms with Crippen molar-refractivity contribution in [3.8, 4) is 0 Å². The van der Waals surface area contributed by atoms with Crippen LogP contribution in [0.4, 0.5) is 0 Å². The van der Waals surface area contributed by atoms with Crippen LogP contribution in [-0.4, -0.2) is 87.3 Å². The fourth-order valence-electron chi connectivity index (χ4n) is 3.23. The van der Waals surface area contributed by atoms with Crippen LogP contribution in [0.3, 0.4) is 0 Å². The minimum atomic E-state index is -1.67. The van der Waals surface area contributed by atoms with Crippen LogP contribution in [-0.2, 0) is 30.4 Å². The molecule has 4 amide bonds. The molecule has 0 aliphatic rings. The first-order valence-corrected chi connectivity index (χ1v) is 10.5. The Morgan fingerprint density at radius 2 is 1.49 bits per heavy atom. The van der Waals surface area contributed by atoms with Crippen LogP contribution in [0.15, 0.2) is 30.5 Å². The van der Waals surface area contributed by atoms with Gasteiger partial charge < -0.3 is 47.7 Å². The number of H-pyrrole nitrogens is 1. The Morgan fingerprint density at radius 1 is 0.886 bits per heavy atom. The molecule has 0 saturated heterocycles. The van der Waals surface area contributed by atoms with E-state index in [0.717, 1.165) is 10.9 Å². The van der Waals surface area contributed by atoms with Gasteiger partial charge in [-0.25, -0.2) is 4.79 Å². The van der Waals surface area contributed by atoms with E-state index in [9.17, 15) is 29.1 Å². The molecule has 14 nitrogen and oxygen atoms in total. The fraction of sp³-hybridized carbons (Fsp3) is 0.381. The van der Waals surface area contributed by atoms with E-state index < -0.39 is 73.4 Å². The zero-order valence-electron chi connectivity index (χ0n) is 18.6. The smallest absolute Gasteiger partial charge is 0.326 e. The second-order valence-corrected chi connectivity index (χ2v) is 7.73. The van der Waals surface area contributed by atoms with E-state index in [-0.39, 0.29) is 6.42 Å². The van der Waals surface area contributed by atoms with E-state index in [1.165, 1.54) is 0 Å². The maximum absolute atomic E-state index is 13.0. The number of carboxylic acids is 1. The number of carbonyl (C=O) groups is 5. The van der Waals surface area contributed by atoms with E-state index in [0.29, 0.717) is 5.56 Å². The number of primary amides is 1. The molecule has 0 saturated carbocycles. The van der Waals surface area contributed by atoms with Crippen molar-refractivity contribution >= 4 is 40.5 Å². The van der Waals surface area contributed by atoms with Crippen molar-refractivity contribution in [2.24, 2.45) is 11.5 Å². The molecule has 0 bridgehead atoms. The van der Waals surface area contributed by atoms with E-state index >= 15 is 0 Å². The molecule has 2 aromatic rings. The predicted molar refractivity (Wildman–Crippen MR) is 121 cm³/mol. The monoisotopic (exact) mass is 492 g/mol. The van der Waals surface area contributed by atoms with Crippen molar-refractivity contribution in [3.63, 3.8) is 0 Å². The lowest BCUT2D eigenvalue weighted by atomic mass is 10.0. The lowest BCUT2D eigenvalue weighted by Gasteiger charge is -2.24. The molecule has 190 valence electrons. The number of aromatic nitrogens is 1. The molecule has 14 heteroatoms. The van der Waals surface area contributed by atoms with Gasteiger partial charge in [0, 0.05) is 23.5 Å². The van der Waals surface area contributed by atoms with E-state index in [4.69, 9.17) is 21.7 Å². The van der Waals surface area contributed by atoms with Crippen LogP contribution in [0, 0.1) is 0 Å². The van der Waals surface area contributed by atoms with Gasteiger partial charge in [-0.1, -0.05) is 18.2 Å². The topological polar surface area (TPSA) is 250 Å². The summed E-state index contributed by atoms with van der Waals surface area (Å²) >= 11 is 0. The standard InChI is InChI=1S/C21H28N6O8/c22-12(8-28)18(31)25-14(5-10-7-24-13-4-2-1-3-11(10)13)19(32)27-16(9-29)20(33)26-15(21(34)35)6-17(23)30/h1-4,7,12,14-16,24,28-29H,5-6,8-9,22H2,(H2,23,30)(H,25,31)(H,26,33)(H,27,32)(H,34,35). The molecule has 11 N–H and O–H groups in total. The summed E-state index contributed by atoms with van der Waals surface area (Å²) in [4.78, 5) is 63.1. The number of aromatic amines is 1. The highest BCUT2D eigenvalue weighted by atomic mass is 16.4. The Balaban J connectivity index is 2.21. The minimum Gasteiger partial charge on any atom is -0.480 e. The van der Waals surface area contributed by atoms with Gasteiger partial charge in [0.2, 0.25) is 23.6 Å². The van der Waals surface area contributed by atoms with Crippen molar-refractivity contribution in [1.82, 2.24) is 20.9 Å². The number of amides is 4. The van der Waals surface area contributed by atoms with E-state index in [1.807, 2.05) is 17.4 Å². The zero-order chi connectivity index (χ0) is 26.1. The number of rotatable bonds is 13. The number of aliphatic hydroxyl groups is 2. The van der Waals surface area contributed by atoms with Crippen LogP contribution in [0.5, 0.6) is 0 Å². The summed E-state index contributed by atoms with van der Waals surface area (Å²) in [6.45, 7) is -1.59. The zero-order valence-corrected chi connectivity index (χ0v) is 18.6. The number of aliphatic carboxylic acids is 1. The summed E-state index contributed by atoms with van der Waals surface area (Å²) in [5.41, 5.74) is 11.9. The van der Waals surface area contributed by atoms with Crippen LogP contribution in [0.2, 0.25) is 0 Å². The normalized spacial score (nSPS) is 14.4. The summed E-state index contributed by atoms with van der Waals surface area (Å²) in [6.07, 6.45) is 0.894. The highest BCUT2D eigenvalue weighted by Gasteiger charge is 2.31. The van der Waals surface area contributed by atoms with Crippen LogP contribution < -0.4 is 27.4 Å². The number of hydrogen-bond acceptors (Lipinski definition) is 8. The Kier molecular flexibility index (Phi) is 9.69. The van der Waals surface area contributed by atoms with Gasteiger partial charge in [0.05, 0.1) is 19.6 Å². The third-order valence-corrected chi connectivity index (χ3v) is 5.10. The first-order chi connectivity index (χ1) is 16.6. The molecule has 0 fully saturated rings. The summed E-state index contributed by atoms with van der Waals surface area (Å²) in [6, 6.07) is 1.34. The molecule has 2 rings (SSSR count). The molecule has 0 aliphatic heterocycles. The Bertz CT molecular complexity index is 1090. The van der Waals surface area contributed by atoms with Crippen LogP contribution >= 0.6 is 0 Å². The average molecular weight is 492 g/mol. The van der Waals surface area contributed by atoms with Gasteiger partial charge in [-0.2, -0.15) is 0 Å². The predicted octanol–water partition coefficient (Wildman–Crippen LogP) is -3.56. The van der Waals surface area contributed by atoms with Crippen molar-refractivity contribution < 1.29 is 39.3 Å². The highest BCUT2D eigenvalue weighted by Crippen LogP contribution is 2.19. The largest absolute Gasteiger partial charge is 0.480 e. The molecule has 0 aliphatic carbocycles. The number of nitrogens with two attached hydrogens (primary N) is 2. The molecule has 0 radical (unpaired) electrons. The van der Waals surface area contributed by atoms with E-state index in [2.05, 4.69) is 15.6 Å². The molecular weight excluding hydrogens is 464 g/mol. The summed E-state index contributed by atoms with van der Waals surface area (Å²) in [5, 5.41) is 35.3. The average Bonchev–Trinajstić information content (AvgIpc) is 3.23. The van der Waals surface area contributed by atoms with Crippen LogP contribution in [0.1, 0.15) is 12.0 Å². The van der Waals surface area contributed by atoms with Crippen molar-refractivity contribution in [3.05, 3.63) is 36.0 Å². The number of hydrogen-bond donors (Lipinski definition) is 9. The van der Waals surface area contributed by atoms with Gasteiger partial charge in [-0.05, 0) is 11.6 Å². The SMILES string of the molecule is NC(=O)CC(NC(=O)C(CO)NC(=O)C(Cc1c[nH]c2ccccc12)NC(=O)C(N)CO)C(=O)O. The lowest BCUT2D eigenvalue weighted by molar-refractivity contribution is -0.144. The quantitative estimate of drug-likeness (QED) is 0.134. The van der Waals surface area contributed by atoms with Gasteiger partial charge >= 0.3 is 5.97 Å². The van der Waals surface area contributed by atoms with Crippen molar-refractivity contribution in [1.29, 1.82) is 0 Å². The number of nitrogens with one attached hydrogen (secondary N) is 4. The van der Waals surface area contributed by atoms with Gasteiger partial charge in [-0.15, -0.1) is 0 Å². The van der Waals surface area contributed by atoms with Gasteiger partial charge in [0.1, 0.15) is 24.2 Å². The van der Waals surface area contributed by atoms with Crippen molar-refractivity contribution in [2.45, 2.75) is 37.0 Å². The molecule has 1 aromatic carbocycles. The molecule has 4 unspecified atom stereocenters. The second-order valence-electron chi connectivity index (χ2n) is 7.73. The summed E-state index contributed by atoms with van der Waals surface area (Å²) in [5.74, 6) is -5.32. The first kappa shape index (κ1) is 27.2. The molecule has 1 aromatic heterocycles. The first-order valence-electron chi connectivity index (χ1n) is 10.5. The molecule has 1 heterocycles. The number of aliphatic hydroxyl groups excluding tert-OH is 2. The van der Waals surface area contributed by atoms with Gasteiger partial charge in [-0.3, -0.25) is 19.2 Å². The Morgan fingerprint density at radius 3 is 2.09 bits per heavy atom. The van der Waals surface area contributed by atoms with Gasteiger partial charge in [0.25, 0.3) is 0 Å². The molecule has 0 spiro atoms. The maximum Gasteiger partial charge on any atom is 0.326 e. The molecular formula is C21H28N6O8. The molecule has 4 atom stereocenters. The number of benzene rings is 1. The molecule has 35 heavy (non-hydrogen) atoms. The summed E-state index contributed by atoms with van der Waals surface area (Å²) < 4.78 is 0. The fourth-order valence-corrected chi connectivity index (χ4v) is 3.23. The number of carbonyl (C=O) groups excluding carboxylic acids is 4. The number of carboxylic acid groups (broad SMARTS) is 1. The Hall–Kier alpha value is -4.01. The summed E-state index contributed by atoms with van der Waals surface area (Å²) in [7, 11) is 0. The van der Waals surface area contributed by atoms with Gasteiger partial charge in [0.15, 0.2) is 0 Å². The van der Waals surface area contributed by atoms with Crippen LogP contribution in [0.25, 0.3) is 10.9 Å². The third kappa shape index (κ3) is 7.49. The minimum absolute atomic E-state index is 0.0427. The number of para-hydroxylation sites is 1. The Labute approximate surface area is 199 Å².